The standard InChI is InChI=1S/C21H21N5O2S/c1-2-25-17-5-3-4-6-18(17)26(21(25)28)12-9-19(27)23-13-20-24-16(14-29-20)15-7-10-22-11-8-15/h3-8,10-11,14H,2,9,12-13H2,1H3,(H,23,27). The summed E-state index contributed by atoms with van der Waals surface area (Å²) in [6.45, 7) is 3.26. The first-order valence-corrected chi connectivity index (χ1v) is 10.3. The van der Waals surface area contributed by atoms with Gasteiger partial charge in [0.25, 0.3) is 0 Å². The van der Waals surface area contributed by atoms with Crippen molar-refractivity contribution in [2.45, 2.75) is 33.0 Å². The number of aromatic nitrogens is 4. The first-order valence-electron chi connectivity index (χ1n) is 9.47. The number of fused-ring (bicyclic) bond motifs is 1. The van der Waals surface area contributed by atoms with Gasteiger partial charge in [0.05, 0.1) is 23.3 Å². The van der Waals surface area contributed by atoms with Gasteiger partial charge in [-0.15, -0.1) is 11.3 Å². The summed E-state index contributed by atoms with van der Waals surface area (Å²) in [5.41, 5.74) is 3.55. The van der Waals surface area contributed by atoms with E-state index in [9.17, 15) is 9.59 Å². The lowest BCUT2D eigenvalue weighted by atomic mass is 10.2. The molecule has 1 aromatic carbocycles. The van der Waals surface area contributed by atoms with Crippen LogP contribution in [-0.4, -0.2) is 25.0 Å². The number of benzene rings is 1. The summed E-state index contributed by atoms with van der Waals surface area (Å²) < 4.78 is 3.40. The minimum Gasteiger partial charge on any atom is -0.350 e. The van der Waals surface area contributed by atoms with Gasteiger partial charge in [0.2, 0.25) is 5.91 Å². The number of carbonyl (C=O) groups is 1. The number of pyridine rings is 1. The van der Waals surface area contributed by atoms with Crippen LogP contribution in [0.25, 0.3) is 22.3 Å². The average molecular weight is 407 g/mol. The number of carbonyl (C=O) groups excluding carboxylic acids is 1. The zero-order valence-corrected chi connectivity index (χ0v) is 16.9. The quantitative estimate of drug-likeness (QED) is 0.511. The van der Waals surface area contributed by atoms with E-state index in [1.165, 1.54) is 11.3 Å². The predicted molar refractivity (Wildman–Crippen MR) is 114 cm³/mol. The highest BCUT2D eigenvalue weighted by Crippen LogP contribution is 2.21. The molecule has 1 N–H and O–H groups in total. The molecule has 0 aliphatic rings. The van der Waals surface area contributed by atoms with Gasteiger partial charge in [0.1, 0.15) is 5.01 Å². The molecule has 4 rings (SSSR count). The minimum atomic E-state index is -0.106. The number of imidazole rings is 1. The number of amides is 1. The van der Waals surface area contributed by atoms with E-state index < -0.39 is 0 Å². The van der Waals surface area contributed by atoms with Crippen LogP contribution in [0, 0.1) is 0 Å². The van der Waals surface area contributed by atoms with Crippen molar-refractivity contribution in [3.8, 4) is 11.3 Å². The molecule has 0 saturated heterocycles. The highest BCUT2D eigenvalue weighted by molar-refractivity contribution is 7.09. The van der Waals surface area contributed by atoms with E-state index in [1.807, 2.05) is 48.7 Å². The van der Waals surface area contributed by atoms with Gasteiger partial charge < -0.3 is 5.32 Å². The Hall–Kier alpha value is -3.26. The van der Waals surface area contributed by atoms with Crippen LogP contribution in [0.15, 0.2) is 59.0 Å². The topological polar surface area (TPSA) is 81.8 Å². The van der Waals surface area contributed by atoms with Gasteiger partial charge in [-0.1, -0.05) is 12.1 Å². The third-order valence-electron chi connectivity index (χ3n) is 4.77. The molecular formula is C21H21N5O2S. The van der Waals surface area contributed by atoms with Crippen molar-refractivity contribution < 1.29 is 4.79 Å². The lowest BCUT2D eigenvalue weighted by Crippen LogP contribution is -2.28. The summed E-state index contributed by atoms with van der Waals surface area (Å²) >= 11 is 1.51. The number of nitrogens with one attached hydrogen (secondary N) is 1. The van der Waals surface area contributed by atoms with Gasteiger partial charge in [-0.25, -0.2) is 9.78 Å². The van der Waals surface area contributed by atoms with Gasteiger partial charge in [0.15, 0.2) is 0 Å². The molecule has 0 bridgehead atoms. The molecule has 0 unspecified atom stereocenters. The molecule has 29 heavy (non-hydrogen) atoms. The van der Waals surface area contributed by atoms with E-state index in [0.29, 0.717) is 19.6 Å². The first-order chi connectivity index (χ1) is 14.2. The Bertz CT molecular complexity index is 1190. The normalized spacial score (nSPS) is 11.1. The maximum atomic E-state index is 12.6. The lowest BCUT2D eigenvalue weighted by Gasteiger charge is -2.05. The second-order valence-electron chi connectivity index (χ2n) is 6.56. The van der Waals surface area contributed by atoms with Crippen LogP contribution in [0.3, 0.4) is 0 Å². The number of hydrogen-bond donors (Lipinski definition) is 1. The third-order valence-corrected chi connectivity index (χ3v) is 5.62. The van der Waals surface area contributed by atoms with Gasteiger partial charge >= 0.3 is 5.69 Å². The van der Waals surface area contributed by atoms with E-state index in [4.69, 9.17) is 0 Å². The van der Waals surface area contributed by atoms with Crippen molar-refractivity contribution in [2.24, 2.45) is 0 Å². The minimum absolute atomic E-state index is 0.0802. The van der Waals surface area contributed by atoms with Crippen molar-refractivity contribution in [2.75, 3.05) is 0 Å². The molecule has 0 aliphatic heterocycles. The molecule has 0 fully saturated rings. The number of rotatable bonds is 7. The Labute approximate surface area is 171 Å². The molecule has 0 atom stereocenters. The third kappa shape index (κ3) is 3.97. The van der Waals surface area contributed by atoms with Crippen LogP contribution in [0.1, 0.15) is 18.4 Å². The number of nitrogens with zero attached hydrogens (tertiary/aromatic N) is 4. The van der Waals surface area contributed by atoms with Crippen molar-refractivity contribution in [3.05, 3.63) is 69.7 Å². The summed E-state index contributed by atoms with van der Waals surface area (Å²) in [5, 5.41) is 5.70. The summed E-state index contributed by atoms with van der Waals surface area (Å²) in [6, 6.07) is 11.5. The van der Waals surface area contributed by atoms with Gasteiger partial charge in [-0.2, -0.15) is 0 Å². The van der Waals surface area contributed by atoms with Crippen LogP contribution >= 0.6 is 11.3 Å². The Kier molecular flexibility index (Phi) is 5.53. The molecule has 8 heteroatoms. The maximum Gasteiger partial charge on any atom is 0.329 e. The van der Waals surface area contributed by atoms with Gasteiger partial charge in [-0.3, -0.25) is 18.9 Å². The molecule has 1 amide bonds. The van der Waals surface area contributed by atoms with Crippen LogP contribution in [0.5, 0.6) is 0 Å². The molecule has 3 aromatic heterocycles. The van der Waals surface area contributed by atoms with Crippen LogP contribution in [0.2, 0.25) is 0 Å². The van der Waals surface area contributed by atoms with Crippen LogP contribution in [0.4, 0.5) is 0 Å². The molecule has 0 radical (unpaired) electrons. The Morgan fingerprint density at radius 3 is 2.55 bits per heavy atom. The van der Waals surface area contributed by atoms with Crippen molar-refractivity contribution >= 4 is 28.3 Å². The molecule has 7 nitrogen and oxygen atoms in total. The van der Waals surface area contributed by atoms with E-state index >= 15 is 0 Å². The first kappa shape index (κ1) is 19.1. The Balaban J connectivity index is 1.38. The summed E-state index contributed by atoms with van der Waals surface area (Å²) in [5.74, 6) is -0.106. The lowest BCUT2D eigenvalue weighted by molar-refractivity contribution is -0.121. The zero-order chi connectivity index (χ0) is 20.2. The zero-order valence-electron chi connectivity index (χ0n) is 16.0. The Morgan fingerprint density at radius 2 is 1.83 bits per heavy atom. The molecule has 0 spiro atoms. The van der Waals surface area contributed by atoms with Crippen LogP contribution < -0.4 is 11.0 Å². The van der Waals surface area contributed by atoms with E-state index in [-0.39, 0.29) is 18.0 Å². The largest absolute Gasteiger partial charge is 0.350 e. The Morgan fingerprint density at radius 1 is 1.10 bits per heavy atom. The second-order valence-corrected chi connectivity index (χ2v) is 7.50. The average Bonchev–Trinajstić information content (AvgIpc) is 3.33. The fourth-order valence-electron chi connectivity index (χ4n) is 3.32. The number of aryl methyl sites for hydroxylation is 2. The smallest absolute Gasteiger partial charge is 0.329 e. The fraction of sp³-hybridized carbons (Fsp3) is 0.238. The number of para-hydroxylation sites is 2. The highest BCUT2D eigenvalue weighted by atomic mass is 32.1. The number of hydrogen-bond acceptors (Lipinski definition) is 5. The monoisotopic (exact) mass is 407 g/mol. The second kappa shape index (κ2) is 8.40. The van der Waals surface area contributed by atoms with Gasteiger partial charge in [-0.05, 0) is 31.2 Å². The summed E-state index contributed by atoms with van der Waals surface area (Å²) in [6.07, 6.45) is 3.70. The molecule has 3 heterocycles. The number of thiazole rings is 1. The van der Waals surface area contributed by atoms with E-state index in [1.54, 1.807) is 21.5 Å². The van der Waals surface area contributed by atoms with Crippen molar-refractivity contribution in [3.63, 3.8) is 0 Å². The highest BCUT2D eigenvalue weighted by Gasteiger charge is 2.13. The van der Waals surface area contributed by atoms with Crippen LogP contribution in [-0.2, 0) is 24.4 Å². The van der Waals surface area contributed by atoms with Crippen molar-refractivity contribution in [1.29, 1.82) is 0 Å². The molecule has 4 aromatic rings. The van der Waals surface area contributed by atoms with Crippen molar-refractivity contribution in [1.82, 2.24) is 24.4 Å². The van der Waals surface area contributed by atoms with E-state index in [2.05, 4.69) is 15.3 Å². The molecular weight excluding hydrogens is 386 g/mol. The van der Waals surface area contributed by atoms with E-state index in [0.717, 1.165) is 27.3 Å². The van der Waals surface area contributed by atoms with Gasteiger partial charge in [0, 0.05) is 42.8 Å². The SMILES string of the molecule is CCn1c(=O)n(CCC(=O)NCc2nc(-c3ccncc3)cs2)c2ccccc21. The fourth-order valence-corrected chi connectivity index (χ4v) is 4.06. The predicted octanol–water partition coefficient (Wildman–Crippen LogP) is 3.05. The summed E-state index contributed by atoms with van der Waals surface area (Å²) in [4.78, 5) is 33.5. The molecule has 0 aliphatic carbocycles. The molecule has 0 saturated carbocycles. The molecule has 148 valence electrons. The summed E-state index contributed by atoms with van der Waals surface area (Å²) in [7, 11) is 0. The maximum absolute atomic E-state index is 12.6.